The second kappa shape index (κ2) is 27.4. The molecule has 2 aromatic carbocycles. The average molecular weight is 630 g/mol. The molecule has 0 fully saturated rings. The summed E-state index contributed by atoms with van der Waals surface area (Å²) in [6, 6.07) is 18.5. The van der Waals surface area contributed by atoms with E-state index in [0.717, 1.165) is 50.5 Å². The van der Waals surface area contributed by atoms with Gasteiger partial charge in [-0.2, -0.15) is 0 Å². The van der Waals surface area contributed by atoms with Gasteiger partial charge in [0.05, 0.1) is 5.57 Å². The Bertz CT molecular complexity index is 1070. The van der Waals surface area contributed by atoms with E-state index in [1.807, 2.05) is 0 Å². The molecule has 0 atom stereocenters. The SMILES string of the molecule is CCCCCCCCCc1ccc(C(=C(CCCC)C(=C=[N+]=[N-])CCCCC)c2ccc(CCCC)cc2)cc1.[CH3-].[CH3-].[Ni+2]. The zero-order chi connectivity index (χ0) is 28.8. The maximum Gasteiger partial charge on any atom is 2.00 e. The van der Waals surface area contributed by atoms with Gasteiger partial charge in [0.25, 0.3) is 0 Å². The van der Waals surface area contributed by atoms with E-state index in [9.17, 15) is 5.53 Å². The summed E-state index contributed by atoms with van der Waals surface area (Å²) in [4.78, 5) is 3.42. The first-order valence-corrected chi connectivity index (χ1v) is 16.6. The maximum atomic E-state index is 9.58. The molecule has 0 radical (unpaired) electrons. The van der Waals surface area contributed by atoms with Crippen LogP contribution in [0.25, 0.3) is 11.1 Å². The summed E-state index contributed by atoms with van der Waals surface area (Å²) in [6.45, 7) is 9.01. The van der Waals surface area contributed by atoms with Crippen molar-refractivity contribution in [1.82, 2.24) is 0 Å². The minimum absolute atomic E-state index is 0. The first kappa shape index (κ1) is 43.0. The molecule has 0 aliphatic heterocycles. The minimum atomic E-state index is 0. The van der Waals surface area contributed by atoms with Crippen LogP contribution < -0.4 is 0 Å². The Balaban J connectivity index is 0. The van der Waals surface area contributed by atoms with Crippen molar-refractivity contribution in [2.45, 2.75) is 143 Å². The van der Waals surface area contributed by atoms with Crippen molar-refractivity contribution in [2.24, 2.45) is 0 Å². The molecule has 0 heterocycles. The van der Waals surface area contributed by atoms with Crippen LogP contribution in [-0.4, -0.2) is 10.7 Å². The standard InChI is InChI=1S/C38H56N2.2CH3.Ni/c1-5-9-13-14-15-16-18-20-33-25-29-35(30-26-33)38(34-27-23-32(24-28-34)19-11-7-3)37(22-12-8-4)36(31-40-39)21-17-10-6-2;;;/h23-30H,5-22H2,1-4H3;2*1H3;/q;2*-1;+2. The molecule has 2 aromatic rings. The zero-order valence-corrected chi connectivity index (χ0v) is 29.5. The van der Waals surface area contributed by atoms with E-state index in [-0.39, 0.29) is 31.3 Å². The third-order valence-corrected chi connectivity index (χ3v) is 8.03. The van der Waals surface area contributed by atoms with Crippen molar-refractivity contribution in [3.05, 3.63) is 102 Å². The predicted molar refractivity (Wildman–Crippen MR) is 188 cm³/mol. The average Bonchev–Trinajstić information content (AvgIpc) is 2.98. The first-order valence-electron chi connectivity index (χ1n) is 16.6. The van der Waals surface area contributed by atoms with Gasteiger partial charge < -0.3 is 20.4 Å². The number of hydrogen-bond acceptors (Lipinski definition) is 0. The zero-order valence-electron chi connectivity index (χ0n) is 28.6. The van der Waals surface area contributed by atoms with E-state index in [1.165, 1.54) is 104 Å². The van der Waals surface area contributed by atoms with Crippen LogP contribution in [0.5, 0.6) is 0 Å². The Hall–Kier alpha value is -2.17. The maximum absolute atomic E-state index is 9.58. The van der Waals surface area contributed by atoms with Gasteiger partial charge in [-0.1, -0.05) is 140 Å². The molecule has 2 nitrogen and oxygen atoms in total. The molecule has 0 aliphatic rings. The normalized spacial score (nSPS) is 10.8. The molecular weight excluding hydrogens is 567 g/mol. The topological polar surface area (TPSA) is 36.4 Å². The molecule has 0 aliphatic carbocycles. The molecule has 0 amide bonds. The van der Waals surface area contributed by atoms with Crippen molar-refractivity contribution < 1.29 is 21.3 Å². The van der Waals surface area contributed by atoms with E-state index in [2.05, 4.69) is 86.9 Å². The van der Waals surface area contributed by atoms with Gasteiger partial charge in [0.15, 0.2) is 0 Å². The van der Waals surface area contributed by atoms with Crippen LogP contribution in [-0.2, 0) is 29.3 Å². The van der Waals surface area contributed by atoms with E-state index in [1.54, 1.807) is 0 Å². The van der Waals surface area contributed by atoms with E-state index < -0.39 is 0 Å². The van der Waals surface area contributed by atoms with Crippen molar-refractivity contribution in [1.29, 1.82) is 0 Å². The number of allylic oxidation sites excluding steroid dienone is 2. The van der Waals surface area contributed by atoms with Crippen LogP contribution in [0, 0.1) is 14.9 Å². The largest absolute Gasteiger partial charge is 2.00 e. The first-order chi connectivity index (χ1) is 19.7. The van der Waals surface area contributed by atoms with Crippen LogP contribution >= 0.6 is 0 Å². The molecular formula is C40H62N2Ni. The second-order valence-electron chi connectivity index (χ2n) is 11.5. The molecule has 0 saturated carbocycles. The molecule has 242 valence electrons. The fourth-order valence-corrected chi connectivity index (χ4v) is 5.53. The number of unbranched alkanes of at least 4 members (excludes halogenated alkanes) is 10. The van der Waals surface area contributed by atoms with Gasteiger partial charge in [0.2, 0.25) is 0 Å². The number of rotatable bonds is 21. The van der Waals surface area contributed by atoms with Gasteiger partial charge in [-0.05, 0) is 84.8 Å². The number of benzene rings is 2. The molecule has 0 saturated heterocycles. The summed E-state index contributed by atoms with van der Waals surface area (Å²) in [5.41, 5.74) is 18.5. The van der Waals surface area contributed by atoms with Gasteiger partial charge in [0.1, 0.15) is 0 Å². The molecule has 3 heteroatoms. The summed E-state index contributed by atoms with van der Waals surface area (Å²) in [5.74, 6) is 3.01. The molecule has 0 aromatic heterocycles. The Morgan fingerprint density at radius 1 is 0.558 bits per heavy atom. The van der Waals surface area contributed by atoms with Gasteiger partial charge >= 0.3 is 22.4 Å². The molecule has 43 heavy (non-hydrogen) atoms. The number of aryl methyl sites for hydroxylation is 2. The monoisotopic (exact) mass is 628 g/mol. The van der Waals surface area contributed by atoms with Crippen LogP contribution in [0.3, 0.4) is 0 Å². The summed E-state index contributed by atoms with van der Waals surface area (Å²) in [5, 5.41) is 0. The van der Waals surface area contributed by atoms with Gasteiger partial charge in [-0.3, -0.25) is 0 Å². The quantitative estimate of drug-likeness (QED) is 0.0251. The predicted octanol–water partition coefficient (Wildman–Crippen LogP) is 12.6. The van der Waals surface area contributed by atoms with E-state index in [0.29, 0.717) is 0 Å². The molecule has 0 bridgehead atoms. The van der Waals surface area contributed by atoms with Crippen LogP contribution in [0.1, 0.15) is 153 Å². The fraction of sp³-hybridized carbons (Fsp3) is 0.550. The van der Waals surface area contributed by atoms with Gasteiger partial charge in [-0.15, -0.1) is 4.79 Å². The fourth-order valence-electron chi connectivity index (χ4n) is 5.53. The summed E-state index contributed by atoms with van der Waals surface area (Å²) >= 11 is 0. The Morgan fingerprint density at radius 3 is 1.49 bits per heavy atom. The molecule has 0 unspecified atom stereocenters. The van der Waals surface area contributed by atoms with E-state index in [4.69, 9.17) is 0 Å². The van der Waals surface area contributed by atoms with Crippen LogP contribution in [0.4, 0.5) is 0 Å². The Labute approximate surface area is 277 Å². The van der Waals surface area contributed by atoms with Crippen LogP contribution in [0.2, 0.25) is 0 Å². The Kier molecular flexibility index (Phi) is 27.4. The van der Waals surface area contributed by atoms with Crippen LogP contribution in [0.15, 0.2) is 59.7 Å². The van der Waals surface area contributed by atoms with Gasteiger partial charge in [-0.25, -0.2) is 0 Å². The minimum Gasteiger partial charge on any atom is -0.358 e. The number of nitrogens with zero attached hydrogens (tertiary/aromatic N) is 2. The molecule has 0 spiro atoms. The number of hydrogen-bond donors (Lipinski definition) is 0. The van der Waals surface area contributed by atoms with Crippen molar-refractivity contribution >= 4 is 11.4 Å². The summed E-state index contributed by atoms with van der Waals surface area (Å²) < 4.78 is 0. The third-order valence-electron chi connectivity index (χ3n) is 8.03. The third kappa shape index (κ3) is 16.5. The molecule has 2 rings (SSSR count). The summed E-state index contributed by atoms with van der Waals surface area (Å²) in [7, 11) is 0. The van der Waals surface area contributed by atoms with E-state index >= 15 is 0 Å². The Morgan fingerprint density at radius 2 is 1.00 bits per heavy atom. The molecule has 0 N–H and O–H groups in total. The summed E-state index contributed by atoms with van der Waals surface area (Å²) in [6.07, 6.45) is 21.7. The second-order valence-corrected chi connectivity index (χ2v) is 11.5. The van der Waals surface area contributed by atoms with Gasteiger partial charge in [0, 0.05) is 0 Å². The van der Waals surface area contributed by atoms with Crippen molar-refractivity contribution in [3.63, 3.8) is 0 Å². The smallest absolute Gasteiger partial charge is 0.358 e. The van der Waals surface area contributed by atoms with Crippen molar-refractivity contribution in [3.8, 4) is 0 Å². The van der Waals surface area contributed by atoms with Crippen molar-refractivity contribution in [2.75, 3.05) is 0 Å².